The van der Waals surface area contributed by atoms with E-state index in [9.17, 15) is 9.59 Å². The third kappa shape index (κ3) is 3.61. The maximum absolute atomic E-state index is 12.8. The topological polar surface area (TPSA) is 73.8 Å². The van der Waals surface area contributed by atoms with E-state index in [2.05, 4.69) is 17.2 Å². The molecule has 7 nitrogen and oxygen atoms in total. The van der Waals surface area contributed by atoms with Gasteiger partial charge in [-0.1, -0.05) is 42.6 Å². The Morgan fingerprint density at radius 2 is 1.89 bits per heavy atom. The molecule has 3 aromatic rings. The minimum Gasteiger partial charge on any atom is -0.356 e. The number of aromatic nitrogens is 4. The van der Waals surface area contributed by atoms with Gasteiger partial charge >= 0.3 is 5.69 Å². The zero-order valence-corrected chi connectivity index (χ0v) is 16.9. The lowest BCUT2D eigenvalue weighted by Crippen LogP contribution is -2.37. The highest BCUT2D eigenvalue weighted by molar-refractivity contribution is 6.35. The predicted molar refractivity (Wildman–Crippen MR) is 109 cm³/mol. The van der Waals surface area contributed by atoms with E-state index in [1.54, 1.807) is 23.7 Å². The van der Waals surface area contributed by atoms with Crippen molar-refractivity contribution in [2.45, 2.75) is 26.3 Å². The third-order valence-corrected chi connectivity index (χ3v) is 5.09. The van der Waals surface area contributed by atoms with E-state index in [4.69, 9.17) is 23.2 Å². The summed E-state index contributed by atoms with van der Waals surface area (Å²) in [5, 5.41) is 4.31. The quantitative estimate of drug-likeness (QED) is 0.634. The predicted octanol–water partition coefficient (Wildman–Crippen LogP) is 3.00. The first-order chi connectivity index (χ1) is 12.8. The largest absolute Gasteiger partial charge is 0.356 e. The second kappa shape index (κ2) is 7.78. The molecule has 0 amide bonds. The van der Waals surface area contributed by atoms with Crippen molar-refractivity contribution >= 4 is 40.3 Å². The van der Waals surface area contributed by atoms with Crippen LogP contribution in [0.5, 0.6) is 0 Å². The second-order valence-electron chi connectivity index (χ2n) is 6.42. The summed E-state index contributed by atoms with van der Waals surface area (Å²) in [6, 6.07) is 5.23. The van der Waals surface area contributed by atoms with Crippen LogP contribution in [-0.2, 0) is 20.6 Å². The number of unbranched alkanes of at least 4 members (excludes halogenated alkanes) is 1. The summed E-state index contributed by atoms with van der Waals surface area (Å²) in [6.07, 6.45) is 1.98. The number of fused-ring (bicyclic) bond motifs is 1. The number of anilines is 1. The Labute approximate surface area is 166 Å². The molecule has 2 aromatic heterocycles. The fourth-order valence-corrected chi connectivity index (χ4v) is 3.40. The van der Waals surface area contributed by atoms with Gasteiger partial charge in [0, 0.05) is 30.7 Å². The van der Waals surface area contributed by atoms with Gasteiger partial charge in [-0.25, -0.2) is 4.79 Å². The van der Waals surface area contributed by atoms with Crippen molar-refractivity contribution in [3.05, 3.63) is 54.6 Å². The van der Waals surface area contributed by atoms with Gasteiger partial charge in [0.05, 0.1) is 6.54 Å². The first-order valence-electron chi connectivity index (χ1n) is 8.69. The molecule has 0 fully saturated rings. The van der Waals surface area contributed by atoms with Crippen LogP contribution in [0.2, 0.25) is 10.0 Å². The monoisotopic (exact) mass is 409 g/mol. The van der Waals surface area contributed by atoms with Crippen molar-refractivity contribution < 1.29 is 0 Å². The van der Waals surface area contributed by atoms with Crippen LogP contribution in [-0.4, -0.2) is 25.2 Å². The zero-order chi connectivity index (χ0) is 19.7. The Balaban J connectivity index is 2.22. The van der Waals surface area contributed by atoms with Crippen LogP contribution < -0.4 is 16.6 Å². The summed E-state index contributed by atoms with van der Waals surface area (Å²) in [7, 11) is 3.06. The normalized spacial score (nSPS) is 11.3. The van der Waals surface area contributed by atoms with Crippen LogP contribution in [0.3, 0.4) is 0 Å². The number of rotatable bonds is 6. The molecule has 144 valence electrons. The van der Waals surface area contributed by atoms with Crippen molar-refractivity contribution in [2.24, 2.45) is 14.1 Å². The summed E-state index contributed by atoms with van der Waals surface area (Å²) < 4.78 is 4.23. The number of hydrogen-bond donors (Lipinski definition) is 1. The van der Waals surface area contributed by atoms with Crippen molar-refractivity contribution in [3.8, 4) is 0 Å². The molecule has 0 saturated carbocycles. The highest BCUT2D eigenvalue weighted by atomic mass is 35.5. The van der Waals surface area contributed by atoms with E-state index >= 15 is 0 Å². The van der Waals surface area contributed by atoms with Gasteiger partial charge in [-0.3, -0.25) is 18.5 Å². The molecular weight excluding hydrogens is 389 g/mol. The summed E-state index contributed by atoms with van der Waals surface area (Å²) >= 11 is 12.3. The second-order valence-corrected chi connectivity index (χ2v) is 7.26. The summed E-state index contributed by atoms with van der Waals surface area (Å²) in [5.41, 5.74) is 0.683. The molecular formula is C18H21Cl2N5O2. The molecule has 0 atom stereocenters. The molecule has 0 unspecified atom stereocenters. The van der Waals surface area contributed by atoms with Crippen LogP contribution in [0.4, 0.5) is 5.95 Å². The van der Waals surface area contributed by atoms with Crippen LogP contribution in [0.1, 0.15) is 25.3 Å². The van der Waals surface area contributed by atoms with Gasteiger partial charge in [0.25, 0.3) is 5.56 Å². The van der Waals surface area contributed by atoms with Crippen molar-refractivity contribution in [2.75, 3.05) is 11.9 Å². The van der Waals surface area contributed by atoms with E-state index in [0.717, 1.165) is 23.0 Å². The SMILES string of the molecule is CCCCNc1nc2c(c(=O)n(C)c(=O)n2C)n1Cc1ccc(Cl)cc1Cl. The molecule has 0 saturated heterocycles. The maximum Gasteiger partial charge on any atom is 0.332 e. The highest BCUT2D eigenvalue weighted by Gasteiger charge is 2.19. The number of hydrogen-bond acceptors (Lipinski definition) is 4. The van der Waals surface area contributed by atoms with Gasteiger partial charge in [-0.2, -0.15) is 4.98 Å². The van der Waals surface area contributed by atoms with Crippen LogP contribution in [0.25, 0.3) is 11.2 Å². The van der Waals surface area contributed by atoms with Crippen molar-refractivity contribution in [3.63, 3.8) is 0 Å². The zero-order valence-electron chi connectivity index (χ0n) is 15.4. The Bertz CT molecular complexity index is 1110. The third-order valence-electron chi connectivity index (χ3n) is 4.50. The Morgan fingerprint density at radius 1 is 1.15 bits per heavy atom. The first-order valence-corrected chi connectivity index (χ1v) is 9.44. The number of benzene rings is 1. The number of nitrogens with zero attached hydrogens (tertiary/aromatic N) is 4. The number of aryl methyl sites for hydroxylation is 1. The summed E-state index contributed by atoms with van der Waals surface area (Å²) in [6.45, 7) is 3.13. The van der Waals surface area contributed by atoms with E-state index < -0.39 is 11.2 Å². The average Bonchev–Trinajstić information content (AvgIpc) is 2.99. The standard InChI is InChI=1S/C18H21Cl2N5O2/c1-4-5-8-21-17-22-15-14(16(26)24(3)18(27)23(15)2)25(17)10-11-6-7-12(19)9-13(11)20/h6-7,9H,4-5,8,10H2,1-3H3,(H,21,22). The molecule has 0 bridgehead atoms. The molecule has 0 aliphatic rings. The molecule has 27 heavy (non-hydrogen) atoms. The molecule has 1 aromatic carbocycles. The minimum absolute atomic E-state index is 0.328. The lowest BCUT2D eigenvalue weighted by molar-refractivity contribution is 0.702. The highest BCUT2D eigenvalue weighted by Crippen LogP contribution is 2.24. The molecule has 0 aliphatic heterocycles. The molecule has 0 radical (unpaired) electrons. The van der Waals surface area contributed by atoms with Gasteiger partial charge < -0.3 is 5.32 Å². The Morgan fingerprint density at radius 3 is 2.56 bits per heavy atom. The summed E-state index contributed by atoms with van der Waals surface area (Å²) in [5.74, 6) is 0.530. The number of halogens is 2. The van der Waals surface area contributed by atoms with E-state index in [-0.39, 0.29) is 0 Å². The lowest BCUT2D eigenvalue weighted by Gasteiger charge is -2.12. The van der Waals surface area contributed by atoms with Crippen molar-refractivity contribution in [1.29, 1.82) is 0 Å². The first kappa shape index (κ1) is 19.5. The van der Waals surface area contributed by atoms with Gasteiger partial charge in [-0.05, 0) is 24.1 Å². The Hall–Kier alpha value is -2.25. The van der Waals surface area contributed by atoms with Crippen molar-refractivity contribution in [1.82, 2.24) is 18.7 Å². The van der Waals surface area contributed by atoms with Gasteiger partial charge in [0.15, 0.2) is 11.2 Å². The minimum atomic E-state index is -0.415. The number of nitrogens with one attached hydrogen (secondary N) is 1. The molecule has 0 spiro atoms. The lowest BCUT2D eigenvalue weighted by atomic mass is 10.2. The van der Waals surface area contributed by atoms with Gasteiger partial charge in [0.2, 0.25) is 5.95 Å². The van der Waals surface area contributed by atoms with E-state index in [1.165, 1.54) is 11.6 Å². The van der Waals surface area contributed by atoms with Crippen LogP contribution in [0.15, 0.2) is 27.8 Å². The van der Waals surface area contributed by atoms with Crippen LogP contribution >= 0.6 is 23.2 Å². The molecule has 0 aliphatic carbocycles. The maximum atomic E-state index is 12.8. The van der Waals surface area contributed by atoms with E-state index in [1.807, 2.05) is 6.07 Å². The fraction of sp³-hybridized carbons (Fsp3) is 0.389. The fourth-order valence-electron chi connectivity index (χ4n) is 2.93. The molecule has 1 N–H and O–H groups in total. The smallest absolute Gasteiger partial charge is 0.332 e. The molecule has 9 heteroatoms. The average molecular weight is 410 g/mol. The van der Waals surface area contributed by atoms with E-state index in [0.29, 0.717) is 40.2 Å². The molecule has 3 rings (SSSR count). The molecule has 2 heterocycles. The van der Waals surface area contributed by atoms with Gasteiger partial charge in [-0.15, -0.1) is 0 Å². The van der Waals surface area contributed by atoms with Crippen LogP contribution in [0, 0.1) is 0 Å². The number of imidazole rings is 1. The summed E-state index contributed by atoms with van der Waals surface area (Å²) in [4.78, 5) is 29.6. The Kier molecular flexibility index (Phi) is 5.62. The van der Waals surface area contributed by atoms with Gasteiger partial charge in [0.1, 0.15) is 0 Å².